The lowest BCUT2D eigenvalue weighted by molar-refractivity contribution is 0.342. The van der Waals surface area contributed by atoms with Crippen LogP contribution in [0.25, 0.3) is 0 Å². The number of nitrogens with zero attached hydrogens (tertiary/aromatic N) is 1. The summed E-state index contributed by atoms with van der Waals surface area (Å²) in [6.45, 7) is 6.04. The van der Waals surface area contributed by atoms with Crippen molar-refractivity contribution in [2.45, 2.75) is 24.8 Å². The summed E-state index contributed by atoms with van der Waals surface area (Å²) >= 11 is 0. The molecule has 5 nitrogen and oxygen atoms in total. The maximum absolute atomic E-state index is 12.2. The molecule has 1 fully saturated rings. The van der Waals surface area contributed by atoms with Crippen molar-refractivity contribution in [1.82, 2.24) is 9.62 Å². The van der Waals surface area contributed by atoms with Crippen LogP contribution in [0.1, 0.15) is 18.9 Å². The number of hydrogen-bond donors (Lipinski definition) is 2. The molecule has 6 heteroatoms. The summed E-state index contributed by atoms with van der Waals surface area (Å²) in [4.78, 5) is 2.64. The van der Waals surface area contributed by atoms with Gasteiger partial charge in [0.05, 0.1) is 4.90 Å². The van der Waals surface area contributed by atoms with Gasteiger partial charge in [0.2, 0.25) is 10.0 Å². The van der Waals surface area contributed by atoms with Crippen LogP contribution in [-0.2, 0) is 16.6 Å². The Bertz CT molecular complexity index is 545. The lowest BCUT2D eigenvalue weighted by Gasteiger charge is -2.14. The first-order valence-corrected chi connectivity index (χ1v) is 8.54. The first-order valence-electron chi connectivity index (χ1n) is 7.06. The molecule has 0 bridgehead atoms. The fourth-order valence-electron chi connectivity index (χ4n) is 2.52. The zero-order chi connectivity index (χ0) is 14.6. The second-order valence-corrected chi connectivity index (χ2v) is 7.02. The number of rotatable bonds is 6. The van der Waals surface area contributed by atoms with Crippen LogP contribution in [0.5, 0.6) is 0 Å². The maximum atomic E-state index is 12.2. The Morgan fingerprint density at radius 2 is 2.25 bits per heavy atom. The number of likely N-dealkylation sites (tertiary alicyclic amines) is 1. The summed E-state index contributed by atoms with van der Waals surface area (Å²) in [5, 5.41) is 0. The Balaban J connectivity index is 1.97. The summed E-state index contributed by atoms with van der Waals surface area (Å²) < 4.78 is 27.2. The van der Waals surface area contributed by atoms with E-state index in [2.05, 4.69) is 16.5 Å². The van der Waals surface area contributed by atoms with Crippen molar-refractivity contribution in [1.29, 1.82) is 0 Å². The van der Waals surface area contributed by atoms with Gasteiger partial charge in [-0.2, -0.15) is 0 Å². The Labute approximate surface area is 121 Å². The molecule has 1 unspecified atom stereocenters. The molecule has 0 aromatic heterocycles. The van der Waals surface area contributed by atoms with E-state index in [9.17, 15) is 8.42 Å². The highest BCUT2D eigenvalue weighted by Crippen LogP contribution is 2.16. The molecule has 1 aromatic rings. The van der Waals surface area contributed by atoms with E-state index >= 15 is 0 Å². The second kappa shape index (κ2) is 6.67. The lowest BCUT2D eigenvalue weighted by atomic mass is 10.1. The third-order valence-electron chi connectivity index (χ3n) is 3.82. The van der Waals surface area contributed by atoms with Crippen LogP contribution in [0.3, 0.4) is 0 Å². The molecule has 1 aliphatic heterocycles. The lowest BCUT2D eigenvalue weighted by Crippen LogP contribution is -2.31. The van der Waals surface area contributed by atoms with Gasteiger partial charge in [-0.3, -0.25) is 0 Å². The van der Waals surface area contributed by atoms with E-state index < -0.39 is 10.0 Å². The number of nitrogens with two attached hydrogens (primary N) is 1. The molecule has 1 aromatic carbocycles. The molecule has 112 valence electrons. The Hall–Kier alpha value is -0.950. The molecule has 2 rings (SSSR count). The zero-order valence-electron chi connectivity index (χ0n) is 11.9. The first kappa shape index (κ1) is 15.4. The van der Waals surface area contributed by atoms with Crippen molar-refractivity contribution in [3.8, 4) is 0 Å². The molecule has 0 saturated carbocycles. The van der Waals surface area contributed by atoms with E-state index in [0.29, 0.717) is 23.9 Å². The Morgan fingerprint density at radius 1 is 1.45 bits per heavy atom. The van der Waals surface area contributed by atoms with E-state index in [1.54, 1.807) is 18.2 Å². The van der Waals surface area contributed by atoms with Gasteiger partial charge in [0.15, 0.2) is 0 Å². The van der Waals surface area contributed by atoms with Crippen molar-refractivity contribution < 1.29 is 8.42 Å². The van der Waals surface area contributed by atoms with Crippen LogP contribution in [0.2, 0.25) is 0 Å². The van der Waals surface area contributed by atoms with Crippen molar-refractivity contribution in [2.24, 2.45) is 11.7 Å². The highest BCUT2D eigenvalue weighted by molar-refractivity contribution is 7.89. The average Bonchev–Trinajstić information content (AvgIpc) is 2.93. The summed E-state index contributed by atoms with van der Waals surface area (Å²) in [7, 11) is -3.43. The molecule has 0 amide bonds. The third-order valence-corrected chi connectivity index (χ3v) is 5.24. The van der Waals surface area contributed by atoms with E-state index in [4.69, 9.17) is 5.73 Å². The van der Waals surface area contributed by atoms with Crippen molar-refractivity contribution in [3.63, 3.8) is 0 Å². The topological polar surface area (TPSA) is 75.4 Å². The van der Waals surface area contributed by atoms with Crippen LogP contribution < -0.4 is 10.5 Å². The number of sulfonamides is 1. The van der Waals surface area contributed by atoms with Gasteiger partial charge in [-0.25, -0.2) is 13.1 Å². The minimum absolute atomic E-state index is 0.297. The maximum Gasteiger partial charge on any atom is 0.240 e. The van der Waals surface area contributed by atoms with Gasteiger partial charge >= 0.3 is 0 Å². The first-order chi connectivity index (χ1) is 9.55. The van der Waals surface area contributed by atoms with Gasteiger partial charge in [-0.05, 0) is 43.1 Å². The van der Waals surface area contributed by atoms with E-state index in [-0.39, 0.29) is 0 Å². The third kappa shape index (κ3) is 3.79. The number of benzene rings is 1. The minimum atomic E-state index is -3.43. The largest absolute Gasteiger partial charge is 0.326 e. The molecule has 1 atom stereocenters. The SMILES string of the molecule is CCN1CCC(CNS(=O)(=O)c2cccc(CN)c2)C1. The predicted molar refractivity (Wildman–Crippen MR) is 79.7 cm³/mol. The van der Waals surface area contributed by atoms with Crippen LogP contribution >= 0.6 is 0 Å². The van der Waals surface area contributed by atoms with Gasteiger partial charge in [-0.15, -0.1) is 0 Å². The van der Waals surface area contributed by atoms with E-state index in [1.807, 2.05) is 6.07 Å². The second-order valence-electron chi connectivity index (χ2n) is 5.25. The fraction of sp³-hybridized carbons (Fsp3) is 0.571. The van der Waals surface area contributed by atoms with Crippen LogP contribution in [0.4, 0.5) is 0 Å². The van der Waals surface area contributed by atoms with Gasteiger partial charge in [-0.1, -0.05) is 19.1 Å². The normalized spacial score (nSPS) is 20.4. The van der Waals surface area contributed by atoms with E-state index in [1.165, 1.54) is 0 Å². The van der Waals surface area contributed by atoms with Crippen LogP contribution in [-0.4, -0.2) is 39.5 Å². The number of hydrogen-bond acceptors (Lipinski definition) is 4. The zero-order valence-corrected chi connectivity index (χ0v) is 12.7. The van der Waals surface area contributed by atoms with Crippen LogP contribution in [0.15, 0.2) is 29.2 Å². The molecule has 0 radical (unpaired) electrons. The Kier molecular flexibility index (Phi) is 5.15. The summed E-state index contributed by atoms with van der Waals surface area (Å²) in [5.74, 6) is 0.405. The van der Waals surface area contributed by atoms with Gasteiger partial charge in [0.25, 0.3) is 0 Å². The molecule has 20 heavy (non-hydrogen) atoms. The summed E-state index contributed by atoms with van der Waals surface area (Å²) in [5.41, 5.74) is 6.37. The quantitative estimate of drug-likeness (QED) is 0.813. The van der Waals surface area contributed by atoms with Gasteiger partial charge < -0.3 is 10.6 Å². The van der Waals surface area contributed by atoms with Crippen molar-refractivity contribution >= 4 is 10.0 Å². The van der Waals surface area contributed by atoms with Crippen molar-refractivity contribution in [2.75, 3.05) is 26.2 Å². The Morgan fingerprint density at radius 3 is 2.90 bits per heavy atom. The molecule has 3 N–H and O–H groups in total. The standard InChI is InChI=1S/C14H23N3O2S/c1-2-17-7-6-13(11-17)10-16-20(18,19)14-5-3-4-12(8-14)9-15/h3-5,8,13,16H,2,6-7,9-11,15H2,1H3. The highest BCUT2D eigenvalue weighted by Gasteiger charge is 2.23. The molecule has 0 aliphatic carbocycles. The highest BCUT2D eigenvalue weighted by atomic mass is 32.2. The van der Waals surface area contributed by atoms with Crippen LogP contribution in [0, 0.1) is 5.92 Å². The number of nitrogens with one attached hydrogen (secondary N) is 1. The minimum Gasteiger partial charge on any atom is -0.326 e. The molecular weight excluding hydrogens is 274 g/mol. The average molecular weight is 297 g/mol. The van der Waals surface area contributed by atoms with E-state index in [0.717, 1.165) is 31.6 Å². The summed E-state index contributed by atoms with van der Waals surface area (Å²) in [6.07, 6.45) is 1.05. The molecular formula is C14H23N3O2S. The molecule has 0 spiro atoms. The fourth-order valence-corrected chi connectivity index (χ4v) is 3.70. The smallest absolute Gasteiger partial charge is 0.240 e. The monoisotopic (exact) mass is 297 g/mol. The summed E-state index contributed by atoms with van der Waals surface area (Å²) in [6, 6.07) is 6.80. The predicted octanol–water partition coefficient (Wildman–Crippen LogP) is 0.765. The molecule has 1 aliphatic rings. The molecule has 1 heterocycles. The van der Waals surface area contributed by atoms with Gasteiger partial charge in [0, 0.05) is 19.6 Å². The molecule has 1 saturated heterocycles. The van der Waals surface area contributed by atoms with Gasteiger partial charge in [0.1, 0.15) is 0 Å². The van der Waals surface area contributed by atoms with Crippen molar-refractivity contribution in [3.05, 3.63) is 29.8 Å².